The van der Waals surface area contributed by atoms with Gasteiger partial charge in [0.15, 0.2) is 0 Å². The maximum Gasteiger partial charge on any atom is 0.0851 e. The molecule has 0 fully saturated rings. The smallest absolute Gasteiger partial charge is 0.0851 e. The van der Waals surface area contributed by atoms with Crippen LogP contribution in [0.25, 0.3) is 5.57 Å². The van der Waals surface area contributed by atoms with Crippen LogP contribution >= 0.6 is 0 Å². The van der Waals surface area contributed by atoms with Gasteiger partial charge in [-0.2, -0.15) is 0 Å². The number of fused-ring (bicyclic) bond motifs is 1. The predicted molar refractivity (Wildman–Crippen MR) is 77.6 cm³/mol. The molecule has 0 saturated carbocycles. The lowest BCUT2D eigenvalue weighted by Crippen LogP contribution is -1.86. The number of allylic oxidation sites excluding steroid dienone is 3. The Morgan fingerprint density at radius 2 is 1.89 bits per heavy atom. The van der Waals surface area contributed by atoms with Gasteiger partial charge in [0.25, 0.3) is 0 Å². The number of hydrogen-bond acceptors (Lipinski definition) is 1. The zero-order chi connectivity index (χ0) is 12.8. The van der Waals surface area contributed by atoms with Gasteiger partial charge < -0.3 is 5.11 Å². The first-order valence-corrected chi connectivity index (χ1v) is 6.91. The Hall–Kier alpha value is -1.50. The summed E-state index contributed by atoms with van der Waals surface area (Å²) in [5, 5.41) is 8.99. The third kappa shape index (κ3) is 3.49. The predicted octanol–water partition coefficient (Wildman–Crippen LogP) is 5.04. The monoisotopic (exact) mass is 242 g/mol. The molecule has 2 rings (SSSR count). The minimum atomic E-state index is 0.322. The zero-order valence-corrected chi connectivity index (χ0v) is 11.0. The summed E-state index contributed by atoms with van der Waals surface area (Å²) in [4.78, 5) is 0. The van der Waals surface area contributed by atoms with E-state index in [1.807, 2.05) is 0 Å². The zero-order valence-electron chi connectivity index (χ0n) is 11.0. The fraction of sp³-hybridized carbons (Fsp3) is 0.412. The first-order chi connectivity index (χ1) is 8.77. The lowest BCUT2D eigenvalue weighted by molar-refractivity contribution is 0.383. The van der Waals surface area contributed by atoms with E-state index in [9.17, 15) is 0 Å². The molecule has 0 radical (unpaired) electrons. The molecule has 1 aliphatic carbocycles. The van der Waals surface area contributed by atoms with Gasteiger partial charge in [-0.3, -0.25) is 0 Å². The first-order valence-electron chi connectivity index (χ1n) is 6.91. The van der Waals surface area contributed by atoms with Crippen LogP contribution in [0.5, 0.6) is 0 Å². The van der Waals surface area contributed by atoms with Crippen LogP contribution in [0.1, 0.15) is 49.7 Å². The van der Waals surface area contributed by atoms with Gasteiger partial charge in [-0.05, 0) is 42.4 Å². The Kier molecular flexibility index (Phi) is 4.63. The van der Waals surface area contributed by atoms with Crippen LogP contribution in [0.4, 0.5) is 0 Å². The van der Waals surface area contributed by atoms with E-state index in [2.05, 4.69) is 36.9 Å². The van der Waals surface area contributed by atoms with Crippen LogP contribution in [0.15, 0.2) is 42.7 Å². The second-order valence-corrected chi connectivity index (χ2v) is 5.07. The first kappa shape index (κ1) is 12.9. The Balaban J connectivity index is 1.68. The third-order valence-corrected chi connectivity index (χ3v) is 3.59. The van der Waals surface area contributed by atoms with Crippen molar-refractivity contribution in [2.24, 2.45) is 0 Å². The number of hydrogen-bond donors (Lipinski definition) is 1. The molecule has 1 aromatic rings. The minimum Gasteiger partial charge on any atom is -0.513 e. The topological polar surface area (TPSA) is 20.2 Å². The normalized spacial score (nSPS) is 13.2. The molecule has 1 aromatic carbocycles. The molecule has 0 heterocycles. The molecular formula is C17H22O. The van der Waals surface area contributed by atoms with Crippen molar-refractivity contribution in [3.63, 3.8) is 0 Å². The average Bonchev–Trinajstić information content (AvgIpc) is 2.77. The summed E-state index contributed by atoms with van der Waals surface area (Å²) >= 11 is 0. The van der Waals surface area contributed by atoms with E-state index in [0.29, 0.717) is 5.76 Å². The fourth-order valence-corrected chi connectivity index (χ4v) is 2.59. The number of aliphatic hydroxyl groups excluding tert-OH is 1. The van der Waals surface area contributed by atoms with E-state index in [0.717, 1.165) is 19.3 Å². The van der Waals surface area contributed by atoms with Gasteiger partial charge in [-0.25, -0.2) is 0 Å². The van der Waals surface area contributed by atoms with Gasteiger partial charge in [-0.1, -0.05) is 49.8 Å². The fourth-order valence-electron chi connectivity index (χ4n) is 2.59. The van der Waals surface area contributed by atoms with E-state index < -0.39 is 0 Å². The summed E-state index contributed by atoms with van der Waals surface area (Å²) in [6.45, 7) is 3.51. The number of rotatable bonds is 7. The Bertz CT molecular complexity index is 443. The summed E-state index contributed by atoms with van der Waals surface area (Å²) in [6, 6.07) is 8.72. The van der Waals surface area contributed by atoms with Crippen molar-refractivity contribution in [2.75, 3.05) is 0 Å². The Labute approximate surface area is 110 Å². The second kappa shape index (κ2) is 6.44. The summed E-state index contributed by atoms with van der Waals surface area (Å²) in [5.41, 5.74) is 4.46. The van der Waals surface area contributed by atoms with Crippen LogP contribution in [0.2, 0.25) is 0 Å². The van der Waals surface area contributed by atoms with Crippen molar-refractivity contribution in [1.82, 2.24) is 0 Å². The van der Waals surface area contributed by atoms with Crippen molar-refractivity contribution in [3.05, 3.63) is 53.8 Å². The molecule has 1 aliphatic rings. The lowest BCUT2D eigenvalue weighted by atomic mass is 10.0. The molecule has 0 atom stereocenters. The van der Waals surface area contributed by atoms with E-state index in [-0.39, 0.29) is 0 Å². The standard InChI is InChI=1S/C17H22O/c1-14(18)8-4-2-3-5-9-15-12-13-16-10-6-7-11-17(15)16/h6-7,10-12,18H,1-5,8-9,13H2. The molecule has 0 saturated heterocycles. The van der Waals surface area contributed by atoms with Crippen LogP contribution < -0.4 is 0 Å². The Morgan fingerprint density at radius 3 is 2.72 bits per heavy atom. The molecule has 0 aliphatic heterocycles. The van der Waals surface area contributed by atoms with E-state index in [1.165, 1.54) is 42.4 Å². The van der Waals surface area contributed by atoms with Crippen molar-refractivity contribution in [1.29, 1.82) is 0 Å². The largest absolute Gasteiger partial charge is 0.513 e. The van der Waals surface area contributed by atoms with E-state index in [1.54, 1.807) is 0 Å². The highest BCUT2D eigenvalue weighted by Crippen LogP contribution is 2.30. The van der Waals surface area contributed by atoms with E-state index in [4.69, 9.17) is 5.11 Å². The SMILES string of the molecule is C=C(O)CCCCCCC1=CCc2ccccc21. The van der Waals surface area contributed by atoms with Crippen molar-refractivity contribution < 1.29 is 5.11 Å². The molecule has 96 valence electrons. The van der Waals surface area contributed by atoms with Crippen molar-refractivity contribution in [3.8, 4) is 0 Å². The highest BCUT2D eigenvalue weighted by molar-refractivity contribution is 5.72. The molecule has 18 heavy (non-hydrogen) atoms. The average molecular weight is 242 g/mol. The van der Waals surface area contributed by atoms with Crippen LogP contribution in [-0.4, -0.2) is 5.11 Å². The van der Waals surface area contributed by atoms with E-state index >= 15 is 0 Å². The quantitative estimate of drug-likeness (QED) is 0.524. The van der Waals surface area contributed by atoms with Gasteiger partial charge in [0.05, 0.1) is 5.76 Å². The maximum absolute atomic E-state index is 8.99. The van der Waals surface area contributed by atoms with Crippen LogP contribution in [0.3, 0.4) is 0 Å². The summed E-state index contributed by atoms with van der Waals surface area (Å²) < 4.78 is 0. The van der Waals surface area contributed by atoms with Crippen LogP contribution in [-0.2, 0) is 6.42 Å². The number of unbranched alkanes of at least 4 members (excludes halogenated alkanes) is 3. The molecule has 1 N–H and O–H groups in total. The van der Waals surface area contributed by atoms with Gasteiger partial charge in [0.2, 0.25) is 0 Å². The third-order valence-electron chi connectivity index (χ3n) is 3.59. The molecule has 0 unspecified atom stereocenters. The number of aliphatic hydroxyl groups is 1. The molecule has 1 nitrogen and oxygen atoms in total. The summed E-state index contributed by atoms with van der Waals surface area (Å²) in [7, 11) is 0. The van der Waals surface area contributed by atoms with Crippen LogP contribution in [0, 0.1) is 0 Å². The minimum absolute atomic E-state index is 0.322. The molecule has 0 amide bonds. The maximum atomic E-state index is 8.99. The molecule has 0 aromatic heterocycles. The van der Waals surface area contributed by atoms with Gasteiger partial charge in [-0.15, -0.1) is 0 Å². The highest BCUT2D eigenvalue weighted by atomic mass is 16.3. The molecule has 1 heteroatoms. The summed E-state index contributed by atoms with van der Waals surface area (Å²) in [6.07, 6.45) is 10.2. The second-order valence-electron chi connectivity index (χ2n) is 5.07. The van der Waals surface area contributed by atoms with Gasteiger partial charge in [0.1, 0.15) is 0 Å². The lowest BCUT2D eigenvalue weighted by Gasteiger charge is -2.05. The Morgan fingerprint density at radius 1 is 1.11 bits per heavy atom. The highest BCUT2D eigenvalue weighted by Gasteiger charge is 2.11. The van der Waals surface area contributed by atoms with Crippen molar-refractivity contribution >= 4 is 5.57 Å². The van der Waals surface area contributed by atoms with Crippen molar-refractivity contribution in [2.45, 2.75) is 44.9 Å². The molecule has 0 bridgehead atoms. The van der Waals surface area contributed by atoms with Gasteiger partial charge in [0, 0.05) is 6.42 Å². The molecular weight excluding hydrogens is 220 g/mol. The van der Waals surface area contributed by atoms with Gasteiger partial charge >= 0.3 is 0 Å². The molecule has 0 spiro atoms. The summed E-state index contributed by atoms with van der Waals surface area (Å²) in [5.74, 6) is 0.322. The number of benzene rings is 1.